The molecule has 2 amide bonds. The van der Waals surface area contributed by atoms with Crippen LogP contribution in [0.25, 0.3) is 0 Å². The van der Waals surface area contributed by atoms with Crippen LogP contribution in [-0.4, -0.2) is 36.7 Å². The van der Waals surface area contributed by atoms with E-state index in [0.717, 1.165) is 16.7 Å². The van der Waals surface area contributed by atoms with Gasteiger partial charge in [-0.2, -0.15) is 0 Å². The Balaban J connectivity index is 1.43. The van der Waals surface area contributed by atoms with E-state index in [1.807, 2.05) is 84.6 Å². The average Bonchev–Trinajstić information content (AvgIpc) is 3.23. The topological polar surface area (TPSA) is 67.9 Å². The van der Waals surface area contributed by atoms with E-state index in [-0.39, 0.29) is 23.2 Å². The second kappa shape index (κ2) is 10.7. The first kappa shape index (κ1) is 23.7. The number of nitrogens with one attached hydrogen (secondary N) is 1. The maximum atomic E-state index is 12.9. The first-order valence-electron chi connectivity index (χ1n) is 11.1. The highest BCUT2D eigenvalue weighted by Gasteiger charge is 2.32. The molecule has 1 saturated heterocycles. The van der Waals surface area contributed by atoms with Gasteiger partial charge in [0.15, 0.2) is 11.5 Å². The van der Waals surface area contributed by atoms with Crippen molar-refractivity contribution in [2.24, 2.45) is 0 Å². The predicted octanol–water partition coefficient (Wildman–Crippen LogP) is 4.97. The van der Waals surface area contributed by atoms with Crippen molar-refractivity contribution in [3.8, 4) is 11.5 Å². The van der Waals surface area contributed by atoms with Crippen molar-refractivity contribution in [1.82, 2.24) is 10.2 Å². The first-order valence-corrected chi connectivity index (χ1v) is 12.1. The van der Waals surface area contributed by atoms with Crippen LogP contribution in [0.2, 0.25) is 0 Å². The van der Waals surface area contributed by atoms with E-state index in [9.17, 15) is 9.59 Å². The summed E-state index contributed by atoms with van der Waals surface area (Å²) in [6.45, 7) is 2.50. The molecule has 1 heterocycles. The van der Waals surface area contributed by atoms with Crippen molar-refractivity contribution < 1.29 is 19.1 Å². The molecule has 0 spiro atoms. The molecule has 7 heteroatoms. The molecule has 6 nitrogen and oxygen atoms in total. The molecule has 1 aliphatic heterocycles. The van der Waals surface area contributed by atoms with E-state index in [1.54, 1.807) is 26.0 Å². The van der Waals surface area contributed by atoms with Gasteiger partial charge in [0.25, 0.3) is 5.91 Å². The molecule has 0 aromatic heterocycles. The maximum Gasteiger partial charge on any atom is 0.251 e. The lowest BCUT2D eigenvalue weighted by atomic mass is 10.1. The van der Waals surface area contributed by atoms with Gasteiger partial charge in [-0.3, -0.25) is 9.59 Å². The van der Waals surface area contributed by atoms with Crippen LogP contribution in [-0.2, 0) is 11.3 Å². The van der Waals surface area contributed by atoms with Crippen LogP contribution in [0, 0.1) is 0 Å². The van der Waals surface area contributed by atoms with Crippen molar-refractivity contribution in [3.05, 3.63) is 95.1 Å². The summed E-state index contributed by atoms with van der Waals surface area (Å²) in [5.74, 6) is 1.69. The Morgan fingerprint density at radius 2 is 1.74 bits per heavy atom. The molecule has 1 aliphatic rings. The van der Waals surface area contributed by atoms with Gasteiger partial charge in [-0.15, -0.1) is 11.8 Å². The Labute approximate surface area is 204 Å². The zero-order valence-corrected chi connectivity index (χ0v) is 20.3. The number of rotatable bonds is 8. The lowest BCUT2D eigenvalue weighted by molar-refractivity contribution is -0.128. The highest BCUT2D eigenvalue weighted by Crippen LogP contribution is 2.39. The van der Waals surface area contributed by atoms with E-state index in [0.29, 0.717) is 29.4 Å². The number of nitrogens with zero attached hydrogens (tertiary/aromatic N) is 1. The third-order valence-corrected chi connectivity index (χ3v) is 7.13. The monoisotopic (exact) mass is 476 g/mol. The van der Waals surface area contributed by atoms with Crippen molar-refractivity contribution in [2.75, 3.05) is 20.0 Å². The summed E-state index contributed by atoms with van der Waals surface area (Å²) in [7, 11) is 3.18. The van der Waals surface area contributed by atoms with E-state index in [4.69, 9.17) is 9.47 Å². The molecule has 4 rings (SSSR count). The number of carbonyl (C=O) groups excluding carboxylic acids is 2. The van der Waals surface area contributed by atoms with Crippen LogP contribution < -0.4 is 14.8 Å². The molecule has 176 valence electrons. The third kappa shape index (κ3) is 5.20. The number of hydrogen-bond donors (Lipinski definition) is 1. The molecular formula is C27H28N2O4S. The normalized spacial score (nSPS) is 16.3. The van der Waals surface area contributed by atoms with E-state index >= 15 is 0 Å². The lowest BCUT2D eigenvalue weighted by Gasteiger charge is -2.24. The molecule has 34 heavy (non-hydrogen) atoms. The van der Waals surface area contributed by atoms with Gasteiger partial charge in [0.1, 0.15) is 5.37 Å². The Morgan fingerprint density at radius 3 is 2.41 bits per heavy atom. The van der Waals surface area contributed by atoms with Gasteiger partial charge in [0, 0.05) is 12.1 Å². The maximum absolute atomic E-state index is 12.9. The van der Waals surface area contributed by atoms with Crippen molar-refractivity contribution >= 4 is 23.6 Å². The van der Waals surface area contributed by atoms with Crippen LogP contribution in [0.1, 0.15) is 45.4 Å². The summed E-state index contributed by atoms with van der Waals surface area (Å²) < 4.78 is 10.6. The Kier molecular flexibility index (Phi) is 7.43. The third-order valence-electron chi connectivity index (χ3n) is 5.88. The zero-order valence-electron chi connectivity index (χ0n) is 19.5. The molecule has 2 unspecified atom stereocenters. The minimum Gasteiger partial charge on any atom is -0.493 e. The summed E-state index contributed by atoms with van der Waals surface area (Å²) in [5, 5.41) is 2.97. The predicted molar refractivity (Wildman–Crippen MR) is 134 cm³/mol. The minimum absolute atomic E-state index is 0.0597. The fraction of sp³-hybridized carbons (Fsp3) is 0.259. The van der Waals surface area contributed by atoms with Crippen LogP contribution in [0.15, 0.2) is 72.8 Å². The van der Waals surface area contributed by atoms with Crippen LogP contribution >= 0.6 is 11.8 Å². The number of benzene rings is 3. The smallest absolute Gasteiger partial charge is 0.251 e. The number of hydrogen-bond acceptors (Lipinski definition) is 5. The largest absolute Gasteiger partial charge is 0.493 e. The first-order chi connectivity index (χ1) is 16.5. The Hall–Kier alpha value is -3.45. The zero-order chi connectivity index (χ0) is 24.1. The quantitative estimate of drug-likeness (QED) is 0.497. The number of carbonyl (C=O) groups is 2. The number of thioether (sulfide) groups is 1. The number of methoxy groups -OCH3 is 2. The van der Waals surface area contributed by atoms with Gasteiger partial charge in [-0.25, -0.2) is 0 Å². The van der Waals surface area contributed by atoms with Gasteiger partial charge in [-0.1, -0.05) is 48.5 Å². The molecular weight excluding hydrogens is 448 g/mol. The fourth-order valence-electron chi connectivity index (χ4n) is 3.97. The Bertz CT molecular complexity index is 1150. The van der Waals surface area contributed by atoms with Crippen molar-refractivity contribution in [1.29, 1.82) is 0 Å². The molecule has 0 radical (unpaired) electrons. The lowest BCUT2D eigenvalue weighted by Crippen LogP contribution is -2.28. The van der Waals surface area contributed by atoms with Gasteiger partial charge >= 0.3 is 0 Å². The number of amides is 2. The summed E-state index contributed by atoms with van der Waals surface area (Å²) >= 11 is 1.61. The standard InChI is InChI=1S/C27H28N2O4S/c1-18(22-13-14-23(32-2)24(15-22)33-3)28-26(31)20-9-11-21(12-10-20)27-29(25(30)17-34-27)16-19-7-5-4-6-8-19/h4-15,18,27H,16-17H2,1-3H3,(H,28,31). The van der Waals surface area contributed by atoms with Crippen molar-refractivity contribution in [2.45, 2.75) is 24.9 Å². The summed E-state index contributed by atoms with van der Waals surface area (Å²) in [6.07, 6.45) is 0. The molecule has 0 aliphatic carbocycles. The van der Waals surface area contributed by atoms with Crippen molar-refractivity contribution in [3.63, 3.8) is 0 Å². The number of ether oxygens (including phenoxy) is 2. The minimum atomic E-state index is -0.212. The van der Waals surface area contributed by atoms with Gasteiger partial charge < -0.3 is 19.7 Å². The SMILES string of the molecule is COc1ccc(C(C)NC(=O)c2ccc(C3SCC(=O)N3Cc3ccccc3)cc2)cc1OC. The summed E-state index contributed by atoms with van der Waals surface area (Å²) in [4.78, 5) is 27.3. The Morgan fingerprint density at radius 1 is 1.03 bits per heavy atom. The average molecular weight is 477 g/mol. The van der Waals surface area contributed by atoms with Gasteiger partial charge in [0.05, 0.1) is 26.0 Å². The fourth-order valence-corrected chi connectivity index (χ4v) is 5.15. The molecule has 3 aromatic carbocycles. The van der Waals surface area contributed by atoms with Crippen LogP contribution in [0.3, 0.4) is 0 Å². The molecule has 2 atom stereocenters. The summed E-state index contributed by atoms with van der Waals surface area (Å²) in [5.41, 5.74) is 3.60. The highest BCUT2D eigenvalue weighted by atomic mass is 32.2. The van der Waals surface area contributed by atoms with E-state index in [2.05, 4.69) is 5.32 Å². The second-order valence-electron chi connectivity index (χ2n) is 8.10. The van der Waals surface area contributed by atoms with E-state index in [1.165, 1.54) is 0 Å². The summed E-state index contributed by atoms with van der Waals surface area (Å²) in [6, 6.07) is 22.9. The molecule has 3 aromatic rings. The van der Waals surface area contributed by atoms with Crippen LogP contribution in [0.4, 0.5) is 0 Å². The van der Waals surface area contributed by atoms with Gasteiger partial charge in [-0.05, 0) is 47.9 Å². The second-order valence-corrected chi connectivity index (χ2v) is 9.17. The van der Waals surface area contributed by atoms with Gasteiger partial charge in [0.2, 0.25) is 5.91 Å². The van der Waals surface area contributed by atoms with E-state index < -0.39 is 0 Å². The molecule has 1 N–H and O–H groups in total. The molecule has 0 bridgehead atoms. The molecule has 1 fully saturated rings. The molecule has 0 saturated carbocycles. The van der Waals surface area contributed by atoms with Crippen LogP contribution in [0.5, 0.6) is 11.5 Å². The highest BCUT2D eigenvalue weighted by molar-refractivity contribution is 8.00.